The zero-order chi connectivity index (χ0) is 30.9. The maximum Gasteiger partial charge on any atom is 0.407 e. The number of hydrogen-bond donors (Lipinski definition) is 1. The number of amides is 2. The predicted molar refractivity (Wildman–Crippen MR) is 169 cm³/mol. The quantitative estimate of drug-likeness (QED) is 0.343. The molecule has 4 bridgehead atoms. The van der Waals surface area contributed by atoms with Gasteiger partial charge in [-0.15, -0.1) is 0 Å². The van der Waals surface area contributed by atoms with Gasteiger partial charge >= 0.3 is 12.1 Å². The third-order valence-electron chi connectivity index (χ3n) is 8.17. The van der Waals surface area contributed by atoms with E-state index in [1.165, 1.54) is 12.0 Å². The van der Waals surface area contributed by atoms with E-state index < -0.39 is 30.3 Å². The fraction of sp³-hybridized carbons (Fsp3) is 0.429. The minimum atomic E-state index is -0.839. The van der Waals surface area contributed by atoms with Crippen LogP contribution >= 0.6 is 0 Å². The van der Waals surface area contributed by atoms with Crippen molar-refractivity contribution in [2.45, 2.75) is 76.5 Å². The van der Waals surface area contributed by atoms with Gasteiger partial charge in [-0.1, -0.05) is 68.3 Å². The highest BCUT2D eigenvalue weighted by Gasteiger charge is 2.44. The molecular formula is C35H41N3O6. The third-order valence-corrected chi connectivity index (χ3v) is 8.17. The number of unbranched alkanes of at least 4 members (excludes halogenated alkanes) is 1. The average molecular weight is 600 g/mol. The number of pyridine rings is 1. The maximum atomic E-state index is 13.9. The van der Waals surface area contributed by atoms with Gasteiger partial charge in [0.25, 0.3) is 0 Å². The first kappa shape index (κ1) is 31.0. The zero-order valence-electron chi connectivity index (χ0n) is 25.5. The highest BCUT2D eigenvalue weighted by Crippen LogP contribution is 2.34. The molecule has 3 aromatic rings. The highest BCUT2D eigenvalue weighted by molar-refractivity contribution is 5.91. The number of nitrogens with one attached hydrogen (secondary N) is 1. The molecule has 1 fully saturated rings. The second-order valence-electron chi connectivity index (χ2n) is 11.4. The molecule has 0 saturated carbocycles. The van der Waals surface area contributed by atoms with Crippen LogP contribution in [0.1, 0.15) is 63.9 Å². The van der Waals surface area contributed by atoms with E-state index in [0.717, 1.165) is 66.2 Å². The smallest absolute Gasteiger partial charge is 0.407 e. The van der Waals surface area contributed by atoms with Crippen LogP contribution in [0.4, 0.5) is 4.79 Å². The molecule has 9 heteroatoms. The summed E-state index contributed by atoms with van der Waals surface area (Å²) >= 11 is 0. The number of carbonyl (C=O) groups is 3. The molecule has 1 aromatic heterocycles. The number of ether oxygens (including phenoxy) is 3. The number of hydrogen-bond acceptors (Lipinski definition) is 7. The zero-order valence-corrected chi connectivity index (χ0v) is 25.5. The molecule has 1 N–H and O–H groups in total. The summed E-state index contributed by atoms with van der Waals surface area (Å²) in [5, 5.41) is 3.62. The Hall–Kier alpha value is -4.40. The number of aromatic nitrogens is 1. The Kier molecular flexibility index (Phi) is 10.5. The molecule has 0 aliphatic carbocycles. The van der Waals surface area contributed by atoms with E-state index >= 15 is 0 Å². The summed E-state index contributed by atoms with van der Waals surface area (Å²) in [6, 6.07) is 16.3. The van der Waals surface area contributed by atoms with Gasteiger partial charge in [0.1, 0.15) is 23.9 Å². The number of carbonyl (C=O) groups excluding carboxylic acids is 3. The first-order valence-corrected chi connectivity index (χ1v) is 15.6. The summed E-state index contributed by atoms with van der Waals surface area (Å²) in [5.74, 6) is -0.231. The van der Waals surface area contributed by atoms with Gasteiger partial charge in [-0.2, -0.15) is 0 Å². The number of rotatable bonds is 5. The lowest BCUT2D eigenvalue weighted by molar-refractivity contribution is -0.151. The van der Waals surface area contributed by atoms with Gasteiger partial charge in [-0.3, -0.25) is 4.79 Å². The second-order valence-corrected chi connectivity index (χ2v) is 11.4. The summed E-state index contributed by atoms with van der Waals surface area (Å²) in [6.07, 6.45) is 8.92. The van der Waals surface area contributed by atoms with Gasteiger partial charge in [0.15, 0.2) is 0 Å². The van der Waals surface area contributed by atoms with Crippen LogP contribution in [0.15, 0.2) is 60.7 Å². The minimum absolute atomic E-state index is 0.169. The molecule has 2 aromatic carbocycles. The van der Waals surface area contributed by atoms with Crippen molar-refractivity contribution in [2.75, 3.05) is 20.3 Å². The van der Waals surface area contributed by atoms with Crippen LogP contribution in [0.25, 0.3) is 28.2 Å². The SMILES string of the molecule is CCCC[C@@H]1NC(=O)OCCCCCC=Cc2ccc3nc(-c4ccccc4)cc(c3c2)O[C@@H]2C[C@@H](C(=O)OC)N(C2)C1=O. The van der Waals surface area contributed by atoms with Crippen molar-refractivity contribution in [3.63, 3.8) is 0 Å². The Labute approximate surface area is 258 Å². The lowest BCUT2D eigenvalue weighted by atomic mass is 10.1. The molecule has 0 radical (unpaired) electrons. The Bertz CT molecular complexity index is 1490. The van der Waals surface area contributed by atoms with E-state index in [1.807, 2.05) is 55.5 Å². The highest BCUT2D eigenvalue weighted by atomic mass is 16.5. The van der Waals surface area contributed by atoms with E-state index in [-0.39, 0.29) is 25.5 Å². The number of fused-ring (bicyclic) bond motifs is 3. The van der Waals surface area contributed by atoms with Crippen molar-refractivity contribution in [1.82, 2.24) is 15.2 Å². The van der Waals surface area contributed by atoms with Crippen molar-refractivity contribution in [3.05, 3.63) is 66.2 Å². The third kappa shape index (κ3) is 7.56. The Morgan fingerprint density at radius 2 is 1.93 bits per heavy atom. The van der Waals surface area contributed by atoms with Crippen LogP contribution < -0.4 is 10.1 Å². The molecule has 3 atom stereocenters. The van der Waals surface area contributed by atoms with Crippen molar-refractivity contribution < 1.29 is 28.6 Å². The second kappa shape index (κ2) is 14.9. The molecule has 5 rings (SSSR count). The Morgan fingerprint density at radius 3 is 2.73 bits per heavy atom. The minimum Gasteiger partial charge on any atom is -0.488 e. The maximum absolute atomic E-state index is 13.9. The molecule has 2 aliphatic heterocycles. The fourth-order valence-electron chi connectivity index (χ4n) is 5.81. The molecule has 9 nitrogen and oxygen atoms in total. The number of allylic oxidation sites excluding steroid dienone is 1. The molecule has 3 heterocycles. The molecule has 232 valence electrons. The van der Waals surface area contributed by atoms with Gasteiger partial charge in [-0.05, 0) is 49.8 Å². The Morgan fingerprint density at radius 1 is 1.09 bits per heavy atom. The Balaban J connectivity index is 1.53. The van der Waals surface area contributed by atoms with Crippen LogP contribution in [0, 0.1) is 0 Å². The molecule has 0 spiro atoms. The summed E-state index contributed by atoms with van der Waals surface area (Å²) in [6.45, 7) is 2.47. The van der Waals surface area contributed by atoms with Crippen molar-refractivity contribution in [2.24, 2.45) is 0 Å². The number of methoxy groups -OCH3 is 1. The lowest BCUT2D eigenvalue weighted by Gasteiger charge is -2.27. The molecule has 44 heavy (non-hydrogen) atoms. The monoisotopic (exact) mass is 599 g/mol. The standard InChI is InChI=1S/C35H41N3O6/c1-3-4-16-29-33(39)38-23-26(21-31(38)34(40)42-2)44-32-22-30(25-14-10-8-11-15-25)36-28-18-17-24(20-27(28)32)13-9-6-5-7-12-19-43-35(41)37-29/h8-11,13-15,17-18,20,22,26,29,31H,3-7,12,16,19,21,23H2,1-2H3,(H,37,41)/t26-,29+,31+/m1/s1. The number of nitrogens with zero attached hydrogens (tertiary/aromatic N) is 2. The average Bonchev–Trinajstić information content (AvgIpc) is 3.47. The first-order chi connectivity index (χ1) is 21.5. The number of cyclic esters (lactones) is 1. The predicted octanol–water partition coefficient (Wildman–Crippen LogP) is 6.30. The van der Waals surface area contributed by atoms with Crippen LogP contribution in [0.3, 0.4) is 0 Å². The fourth-order valence-corrected chi connectivity index (χ4v) is 5.81. The topological polar surface area (TPSA) is 107 Å². The number of esters is 1. The summed E-state index contributed by atoms with van der Waals surface area (Å²) in [4.78, 5) is 45.9. The number of benzene rings is 2. The number of alkyl carbamates (subject to hydrolysis) is 1. The van der Waals surface area contributed by atoms with Crippen molar-refractivity contribution in [1.29, 1.82) is 0 Å². The van der Waals surface area contributed by atoms with Gasteiger partial charge in [-0.25, -0.2) is 14.6 Å². The van der Waals surface area contributed by atoms with Gasteiger partial charge in [0.05, 0.1) is 31.5 Å². The van der Waals surface area contributed by atoms with Crippen molar-refractivity contribution >= 4 is 34.9 Å². The van der Waals surface area contributed by atoms with Gasteiger partial charge in [0, 0.05) is 23.4 Å². The van der Waals surface area contributed by atoms with Gasteiger partial charge in [0.2, 0.25) is 5.91 Å². The lowest BCUT2D eigenvalue weighted by Crippen LogP contribution is -2.52. The van der Waals surface area contributed by atoms with E-state index in [4.69, 9.17) is 19.2 Å². The molecule has 2 aliphatic rings. The summed E-state index contributed by atoms with van der Waals surface area (Å²) in [7, 11) is 1.31. The molecular weight excluding hydrogens is 558 g/mol. The normalized spacial score (nSPS) is 21.4. The molecule has 2 amide bonds. The largest absolute Gasteiger partial charge is 0.488 e. The summed E-state index contributed by atoms with van der Waals surface area (Å²) in [5.41, 5.74) is 3.54. The van der Waals surface area contributed by atoms with E-state index in [0.29, 0.717) is 12.2 Å². The van der Waals surface area contributed by atoms with E-state index in [2.05, 4.69) is 23.5 Å². The van der Waals surface area contributed by atoms with Crippen LogP contribution in [0.2, 0.25) is 0 Å². The van der Waals surface area contributed by atoms with Crippen molar-refractivity contribution in [3.8, 4) is 17.0 Å². The molecule has 1 saturated heterocycles. The van der Waals surface area contributed by atoms with E-state index in [1.54, 1.807) is 0 Å². The first-order valence-electron chi connectivity index (χ1n) is 15.6. The van der Waals surface area contributed by atoms with E-state index in [9.17, 15) is 14.4 Å². The summed E-state index contributed by atoms with van der Waals surface area (Å²) < 4.78 is 17.2. The molecule has 0 unspecified atom stereocenters. The van der Waals surface area contributed by atoms with Crippen LogP contribution in [-0.4, -0.2) is 66.3 Å². The van der Waals surface area contributed by atoms with Gasteiger partial charge < -0.3 is 24.4 Å². The van der Waals surface area contributed by atoms with Crippen LogP contribution in [0.5, 0.6) is 5.75 Å². The van der Waals surface area contributed by atoms with Crippen LogP contribution in [-0.2, 0) is 19.1 Å².